The van der Waals surface area contributed by atoms with Crippen LogP contribution >= 0.6 is 0 Å². The number of esters is 1. The molecule has 1 saturated heterocycles. The predicted octanol–water partition coefficient (Wildman–Crippen LogP) is 1.81. The fourth-order valence-corrected chi connectivity index (χ4v) is 2.22. The average molecular weight is 238 g/mol. The van der Waals surface area contributed by atoms with Crippen molar-refractivity contribution in [1.29, 1.82) is 5.26 Å². The second-order valence-corrected chi connectivity index (χ2v) is 5.82. The maximum atomic E-state index is 11.6. The first kappa shape index (κ1) is 14.0. The predicted molar refractivity (Wildman–Crippen MR) is 65.2 cm³/mol. The number of nitrogens with zero attached hydrogens (tertiary/aromatic N) is 2. The van der Waals surface area contributed by atoms with E-state index in [-0.39, 0.29) is 11.4 Å². The summed E-state index contributed by atoms with van der Waals surface area (Å²) in [7, 11) is 1.42. The second kappa shape index (κ2) is 5.05. The molecular weight excluding hydrogens is 216 g/mol. The third kappa shape index (κ3) is 3.44. The van der Waals surface area contributed by atoms with Crippen molar-refractivity contribution in [3.05, 3.63) is 0 Å². The highest BCUT2D eigenvalue weighted by atomic mass is 16.5. The Morgan fingerprint density at radius 2 is 2.00 bits per heavy atom. The van der Waals surface area contributed by atoms with Crippen LogP contribution in [-0.4, -0.2) is 37.6 Å². The molecule has 4 nitrogen and oxygen atoms in total. The number of rotatable bonds is 3. The van der Waals surface area contributed by atoms with Gasteiger partial charge in [0, 0.05) is 6.54 Å². The number of methoxy groups -OCH3 is 1. The van der Waals surface area contributed by atoms with E-state index in [1.807, 2.05) is 20.8 Å². The zero-order chi connectivity index (χ0) is 13.1. The molecule has 0 amide bonds. The van der Waals surface area contributed by atoms with E-state index in [4.69, 9.17) is 10.00 Å². The van der Waals surface area contributed by atoms with Gasteiger partial charge in [-0.2, -0.15) is 5.26 Å². The molecule has 1 aliphatic heterocycles. The van der Waals surface area contributed by atoms with Crippen LogP contribution in [0.3, 0.4) is 0 Å². The number of hydrogen-bond acceptors (Lipinski definition) is 4. The largest absolute Gasteiger partial charge is 0.469 e. The van der Waals surface area contributed by atoms with Crippen LogP contribution in [0.4, 0.5) is 0 Å². The number of hydrogen-bond donors (Lipinski definition) is 0. The normalized spacial score (nSPS) is 20.6. The van der Waals surface area contributed by atoms with E-state index in [0.29, 0.717) is 6.54 Å². The van der Waals surface area contributed by atoms with Gasteiger partial charge in [0.2, 0.25) is 0 Å². The van der Waals surface area contributed by atoms with Crippen LogP contribution in [0.5, 0.6) is 0 Å². The van der Waals surface area contributed by atoms with Gasteiger partial charge in [0.05, 0.1) is 24.0 Å². The van der Waals surface area contributed by atoms with Crippen LogP contribution in [0.2, 0.25) is 0 Å². The van der Waals surface area contributed by atoms with Crippen LogP contribution in [0, 0.1) is 22.2 Å². The molecule has 0 atom stereocenters. The van der Waals surface area contributed by atoms with Gasteiger partial charge in [0.15, 0.2) is 0 Å². The smallest absolute Gasteiger partial charge is 0.312 e. The fraction of sp³-hybridized carbons (Fsp3) is 0.846. The third-order valence-electron chi connectivity index (χ3n) is 3.59. The van der Waals surface area contributed by atoms with Gasteiger partial charge in [-0.1, -0.05) is 0 Å². The van der Waals surface area contributed by atoms with E-state index in [1.54, 1.807) is 0 Å². The van der Waals surface area contributed by atoms with Crippen LogP contribution in [-0.2, 0) is 9.53 Å². The first-order valence-electron chi connectivity index (χ1n) is 6.05. The lowest BCUT2D eigenvalue weighted by molar-refractivity contribution is -0.152. The van der Waals surface area contributed by atoms with E-state index in [9.17, 15) is 4.79 Å². The van der Waals surface area contributed by atoms with Crippen LogP contribution < -0.4 is 0 Å². The summed E-state index contributed by atoms with van der Waals surface area (Å²) in [4.78, 5) is 13.8. The summed E-state index contributed by atoms with van der Waals surface area (Å²) in [6.07, 6.45) is 1.75. The lowest BCUT2D eigenvalue weighted by atomic mass is 9.81. The maximum absolute atomic E-state index is 11.6. The van der Waals surface area contributed by atoms with Gasteiger partial charge >= 0.3 is 5.97 Å². The molecule has 0 aliphatic carbocycles. The van der Waals surface area contributed by atoms with Gasteiger partial charge in [-0.15, -0.1) is 0 Å². The highest BCUT2D eigenvalue weighted by Gasteiger charge is 2.35. The molecule has 0 aromatic rings. The Balaban J connectivity index is 2.52. The van der Waals surface area contributed by atoms with E-state index in [0.717, 1.165) is 25.9 Å². The van der Waals surface area contributed by atoms with Crippen LogP contribution in [0.15, 0.2) is 0 Å². The molecule has 0 aromatic carbocycles. The molecule has 0 spiro atoms. The molecule has 0 saturated carbocycles. The zero-order valence-corrected chi connectivity index (χ0v) is 11.2. The molecule has 0 radical (unpaired) electrons. The van der Waals surface area contributed by atoms with Gasteiger partial charge in [-0.3, -0.25) is 4.79 Å². The van der Waals surface area contributed by atoms with Crippen molar-refractivity contribution in [2.75, 3.05) is 26.7 Å². The standard InChI is InChI=1S/C13H22N2O2/c1-12(2,11(16)17-4)10-15-7-5-13(3,9-14)6-8-15/h5-8,10H2,1-4H3. The van der Waals surface area contributed by atoms with Gasteiger partial charge in [0.25, 0.3) is 0 Å². The number of ether oxygens (including phenoxy) is 1. The maximum Gasteiger partial charge on any atom is 0.312 e. The summed E-state index contributed by atoms with van der Waals surface area (Å²) in [6, 6.07) is 2.38. The number of carbonyl (C=O) groups is 1. The van der Waals surface area contributed by atoms with Crippen molar-refractivity contribution < 1.29 is 9.53 Å². The third-order valence-corrected chi connectivity index (χ3v) is 3.59. The minimum Gasteiger partial charge on any atom is -0.469 e. The molecular formula is C13H22N2O2. The summed E-state index contributed by atoms with van der Waals surface area (Å²) in [5, 5.41) is 9.05. The molecule has 1 heterocycles. The molecule has 1 rings (SSSR count). The quantitative estimate of drug-likeness (QED) is 0.704. The Kier molecular flexibility index (Phi) is 4.16. The first-order valence-corrected chi connectivity index (χ1v) is 6.05. The number of nitriles is 1. The molecule has 1 fully saturated rings. The summed E-state index contributed by atoms with van der Waals surface area (Å²) in [5.41, 5.74) is -0.666. The Bertz CT molecular complexity index is 323. The van der Waals surface area contributed by atoms with E-state index in [1.165, 1.54) is 7.11 Å². The number of piperidine rings is 1. The van der Waals surface area contributed by atoms with Gasteiger partial charge < -0.3 is 9.64 Å². The van der Waals surface area contributed by atoms with Crippen molar-refractivity contribution in [1.82, 2.24) is 4.90 Å². The second-order valence-electron chi connectivity index (χ2n) is 5.82. The molecule has 0 N–H and O–H groups in total. The van der Waals surface area contributed by atoms with Crippen molar-refractivity contribution in [2.45, 2.75) is 33.6 Å². The molecule has 0 aromatic heterocycles. The van der Waals surface area contributed by atoms with Gasteiger partial charge in [-0.25, -0.2) is 0 Å². The molecule has 96 valence electrons. The minimum atomic E-state index is -0.477. The number of likely N-dealkylation sites (tertiary alicyclic amines) is 1. The Morgan fingerprint density at radius 3 is 2.41 bits per heavy atom. The minimum absolute atomic E-state index is 0.175. The lowest BCUT2D eigenvalue weighted by Crippen LogP contribution is -2.45. The van der Waals surface area contributed by atoms with Crippen molar-refractivity contribution in [3.63, 3.8) is 0 Å². The lowest BCUT2D eigenvalue weighted by Gasteiger charge is -2.38. The highest BCUT2D eigenvalue weighted by Crippen LogP contribution is 2.31. The van der Waals surface area contributed by atoms with Crippen molar-refractivity contribution in [3.8, 4) is 6.07 Å². The monoisotopic (exact) mass is 238 g/mol. The van der Waals surface area contributed by atoms with Gasteiger partial charge in [-0.05, 0) is 46.7 Å². The van der Waals surface area contributed by atoms with E-state index in [2.05, 4.69) is 11.0 Å². The summed E-state index contributed by atoms with van der Waals surface area (Å²) < 4.78 is 4.80. The van der Waals surface area contributed by atoms with Crippen molar-refractivity contribution >= 4 is 5.97 Å². The molecule has 4 heteroatoms. The van der Waals surface area contributed by atoms with Crippen LogP contribution in [0.25, 0.3) is 0 Å². The fourth-order valence-electron chi connectivity index (χ4n) is 2.22. The molecule has 17 heavy (non-hydrogen) atoms. The zero-order valence-electron chi connectivity index (χ0n) is 11.2. The van der Waals surface area contributed by atoms with E-state index < -0.39 is 5.41 Å². The first-order chi connectivity index (χ1) is 7.83. The Labute approximate surface area is 104 Å². The van der Waals surface area contributed by atoms with Crippen molar-refractivity contribution in [2.24, 2.45) is 10.8 Å². The van der Waals surface area contributed by atoms with E-state index >= 15 is 0 Å². The highest BCUT2D eigenvalue weighted by molar-refractivity contribution is 5.76. The average Bonchev–Trinajstić information content (AvgIpc) is 2.31. The SMILES string of the molecule is COC(=O)C(C)(C)CN1CCC(C)(C#N)CC1. The Morgan fingerprint density at radius 1 is 1.47 bits per heavy atom. The summed E-state index contributed by atoms with van der Waals surface area (Å²) in [6.45, 7) is 8.26. The van der Waals surface area contributed by atoms with Crippen LogP contribution in [0.1, 0.15) is 33.6 Å². The topological polar surface area (TPSA) is 53.3 Å². The summed E-state index contributed by atoms with van der Waals surface area (Å²) in [5.74, 6) is -0.175. The molecule has 0 bridgehead atoms. The molecule has 0 unspecified atom stereocenters. The number of carbonyl (C=O) groups excluding carboxylic acids is 1. The Hall–Kier alpha value is -1.08. The molecule has 1 aliphatic rings. The van der Waals surface area contributed by atoms with Gasteiger partial charge in [0.1, 0.15) is 0 Å². The summed E-state index contributed by atoms with van der Waals surface area (Å²) >= 11 is 0.